The van der Waals surface area contributed by atoms with Gasteiger partial charge in [-0.2, -0.15) is 0 Å². The van der Waals surface area contributed by atoms with E-state index in [-0.39, 0.29) is 5.75 Å². The van der Waals surface area contributed by atoms with E-state index in [1.165, 1.54) is 0 Å². The molecule has 0 amide bonds. The van der Waals surface area contributed by atoms with Crippen LogP contribution in [-0.4, -0.2) is 41.7 Å². The van der Waals surface area contributed by atoms with Crippen LogP contribution in [0.3, 0.4) is 0 Å². The van der Waals surface area contributed by atoms with Gasteiger partial charge in [-0.25, -0.2) is 0 Å². The molecule has 1 aromatic carbocycles. The molecule has 4 heteroatoms. The van der Waals surface area contributed by atoms with Crippen LogP contribution in [-0.2, 0) is 17.6 Å². The van der Waals surface area contributed by atoms with Crippen molar-refractivity contribution in [1.82, 2.24) is 4.90 Å². The van der Waals surface area contributed by atoms with Crippen molar-refractivity contribution in [2.24, 2.45) is 5.92 Å². The first kappa shape index (κ1) is 14.5. The Bertz CT molecular complexity index is 416. The number of likely N-dealkylation sites (N-methyl/N-ethyl adjacent to an activating group) is 1. The van der Waals surface area contributed by atoms with Gasteiger partial charge < -0.3 is 15.1 Å². The van der Waals surface area contributed by atoms with E-state index in [1.54, 1.807) is 13.0 Å². The largest absolute Gasteiger partial charge is 0.508 e. The molecule has 1 rings (SSSR count). The van der Waals surface area contributed by atoms with Crippen LogP contribution < -0.4 is 0 Å². The summed E-state index contributed by atoms with van der Waals surface area (Å²) in [5.74, 6) is -1.15. The second-order valence-corrected chi connectivity index (χ2v) is 4.96. The lowest BCUT2D eigenvalue weighted by Gasteiger charge is -2.12. The lowest BCUT2D eigenvalue weighted by molar-refractivity contribution is -0.141. The first-order chi connectivity index (χ1) is 8.40. The fraction of sp³-hybridized carbons (Fsp3) is 0.500. The molecule has 0 saturated carbocycles. The highest BCUT2D eigenvalue weighted by Gasteiger charge is 2.14. The van der Waals surface area contributed by atoms with Crippen LogP contribution in [0, 0.1) is 5.92 Å². The third-order valence-electron chi connectivity index (χ3n) is 2.94. The predicted octanol–water partition coefficient (Wildman–Crippen LogP) is 1.76. The average Bonchev–Trinajstić information content (AvgIpc) is 2.29. The maximum absolute atomic E-state index is 10.8. The molecule has 0 aliphatic carbocycles. The zero-order chi connectivity index (χ0) is 13.7. The van der Waals surface area contributed by atoms with E-state index >= 15 is 0 Å². The van der Waals surface area contributed by atoms with Crippen molar-refractivity contribution >= 4 is 5.97 Å². The van der Waals surface area contributed by atoms with Gasteiger partial charge in [-0.15, -0.1) is 0 Å². The van der Waals surface area contributed by atoms with Gasteiger partial charge in [0.2, 0.25) is 0 Å². The molecule has 0 bridgehead atoms. The van der Waals surface area contributed by atoms with E-state index in [9.17, 15) is 9.90 Å². The van der Waals surface area contributed by atoms with Gasteiger partial charge in [-0.3, -0.25) is 4.79 Å². The molecule has 0 heterocycles. The topological polar surface area (TPSA) is 60.8 Å². The molecule has 0 saturated heterocycles. The van der Waals surface area contributed by atoms with Crippen molar-refractivity contribution in [3.05, 3.63) is 29.3 Å². The number of phenols is 1. The first-order valence-corrected chi connectivity index (χ1v) is 6.08. The summed E-state index contributed by atoms with van der Waals surface area (Å²) in [4.78, 5) is 12.9. The quantitative estimate of drug-likeness (QED) is 0.808. The fourth-order valence-electron chi connectivity index (χ4n) is 1.73. The fourth-order valence-corrected chi connectivity index (χ4v) is 1.73. The number of aromatic hydroxyl groups is 1. The number of carbonyl (C=O) groups is 1. The molecular weight excluding hydrogens is 230 g/mol. The number of rotatable bonds is 6. The van der Waals surface area contributed by atoms with Gasteiger partial charge in [0.15, 0.2) is 0 Å². The van der Waals surface area contributed by atoms with Gasteiger partial charge in [0, 0.05) is 6.54 Å². The first-order valence-electron chi connectivity index (χ1n) is 6.08. The average molecular weight is 251 g/mol. The highest BCUT2D eigenvalue weighted by Crippen LogP contribution is 2.22. The molecule has 0 radical (unpaired) electrons. The zero-order valence-corrected chi connectivity index (χ0v) is 11.2. The molecular formula is C14H21NO3. The van der Waals surface area contributed by atoms with Gasteiger partial charge in [-0.1, -0.05) is 19.1 Å². The summed E-state index contributed by atoms with van der Waals surface area (Å²) in [6, 6.07) is 5.43. The van der Waals surface area contributed by atoms with Gasteiger partial charge in [0.05, 0.1) is 5.92 Å². The summed E-state index contributed by atoms with van der Waals surface area (Å²) in [5.41, 5.74) is 1.83. The summed E-state index contributed by atoms with van der Waals surface area (Å²) >= 11 is 0. The number of aliphatic carboxylic acids is 1. The van der Waals surface area contributed by atoms with Crippen LogP contribution in [0.4, 0.5) is 0 Å². The van der Waals surface area contributed by atoms with E-state index in [0.717, 1.165) is 18.5 Å². The summed E-state index contributed by atoms with van der Waals surface area (Å²) in [5, 5.41) is 18.6. The molecule has 1 atom stereocenters. The van der Waals surface area contributed by atoms with Gasteiger partial charge in [0.1, 0.15) is 5.75 Å². The lowest BCUT2D eigenvalue weighted by Crippen LogP contribution is -2.15. The van der Waals surface area contributed by atoms with Crippen molar-refractivity contribution in [2.75, 3.05) is 20.6 Å². The molecule has 0 aromatic heterocycles. The molecule has 1 aromatic rings. The Morgan fingerprint density at radius 3 is 2.61 bits per heavy atom. The minimum atomic E-state index is -0.840. The number of hydrogen-bond acceptors (Lipinski definition) is 3. The lowest BCUT2D eigenvalue weighted by atomic mass is 9.98. The summed E-state index contributed by atoms with van der Waals surface area (Å²) < 4.78 is 0. The smallest absolute Gasteiger partial charge is 0.306 e. The molecule has 0 spiro atoms. The van der Waals surface area contributed by atoms with Crippen LogP contribution in [0.1, 0.15) is 18.1 Å². The Labute approximate surface area is 108 Å². The Hall–Kier alpha value is -1.55. The molecule has 4 nitrogen and oxygen atoms in total. The standard InChI is InChI=1S/C14H21NO3/c1-10(14(17)18)8-12-9-11(4-5-13(12)16)6-7-15(2)3/h4-5,9-10,16H,6-8H2,1-3H3,(H,17,18). The normalized spacial score (nSPS) is 12.7. The molecule has 100 valence electrons. The third kappa shape index (κ3) is 4.37. The minimum Gasteiger partial charge on any atom is -0.508 e. The van der Waals surface area contributed by atoms with Crippen LogP contribution in [0.5, 0.6) is 5.75 Å². The van der Waals surface area contributed by atoms with E-state index < -0.39 is 11.9 Å². The SMILES string of the molecule is CC(Cc1cc(CCN(C)C)ccc1O)C(=O)O. The van der Waals surface area contributed by atoms with Crippen molar-refractivity contribution in [2.45, 2.75) is 19.8 Å². The second-order valence-electron chi connectivity index (χ2n) is 4.96. The maximum atomic E-state index is 10.8. The monoisotopic (exact) mass is 251 g/mol. The van der Waals surface area contributed by atoms with Gasteiger partial charge in [0.25, 0.3) is 0 Å². The zero-order valence-electron chi connectivity index (χ0n) is 11.2. The number of hydrogen-bond donors (Lipinski definition) is 2. The second kappa shape index (κ2) is 6.40. The van der Waals surface area contributed by atoms with Crippen molar-refractivity contribution < 1.29 is 15.0 Å². The Morgan fingerprint density at radius 1 is 1.39 bits per heavy atom. The van der Waals surface area contributed by atoms with E-state index in [4.69, 9.17) is 5.11 Å². The molecule has 1 unspecified atom stereocenters. The summed E-state index contributed by atoms with van der Waals surface area (Å²) in [6.45, 7) is 2.58. The Morgan fingerprint density at radius 2 is 2.06 bits per heavy atom. The number of benzene rings is 1. The van der Waals surface area contributed by atoms with E-state index in [2.05, 4.69) is 4.90 Å². The van der Waals surface area contributed by atoms with Crippen molar-refractivity contribution in [1.29, 1.82) is 0 Å². The number of nitrogens with zero attached hydrogens (tertiary/aromatic N) is 1. The Kier molecular flexibility index (Phi) is 5.16. The van der Waals surface area contributed by atoms with E-state index in [1.807, 2.05) is 26.2 Å². The van der Waals surface area contributed by atoms with Crippen LogP contribution in [0.25, 0.3) is 0 Å². The molecule has 2 N–H and O–H groups in total. The van der Waals surface area contributed by atoms with E-state index in [0.29, 0.717) is 12.0 Å². The summed E-state index contributed by atoms with van der Waals surface area (Å²) in [7, 11) is 4.02. The van der Waals surface area contributed by atoms with Gasteiger partial charge >= 0.3 is 5.97 Å². The minimum absolute atomic E-state index is 0.178. The molecule has 0 aliphatic heterocycles. The highest BCUT2D eigenvalue weighted by molar-refractivity contribution is 5.70. The van der Waals surface area contributed by atoms with Crippen molar-refractivity contribution in [3.8, 4) is 5.75 Å². The molecule has 18 heavy (non-hydrogen) atoms. The highest BCUT2D eigenvalue weighted by atomic mass is 16.4. The molecule has 0 fully saturated rings. The van der Waals surface area contributed by atoms with Gasteiger partial charge in [-0.05, 0) is 44.1 Å². The number of carboxylic acid groups (broad SMARTS) is 1. The predicted molar refractivity (Wildman–Crippen MR) is 70.9 cm³/mol. The maximum Gasteiger partial charge on any atom is 0.306 e. The summed E-state index contributed by atoms with van der Waals surface area (Å²) in [6.07, 6.45) is 1.25. The van der Waals surface area contributed by atoms with Crippen LogP contribution in [0.2, 0.25) is 0 Å². The number of phenolic OH excluding ortho intramolecular Hbond substituents is 1. The van der Waals surface area contributed by atoms with Crippen LogP contribution >= 0.6 is 0 Å². The Balaban J connectivity index is 2.77. The number of carboxylic acids is 1. The third-order valence-corrected chi connectivity index (χ3v) is 2.94. The van der Waals surface area contributed by atoms with Crippen LogP contribution in [0.15, 0.2) is 18.2 Å². The molecule has 0 aliphatic rings. The van der Waals surface area contributed by atoms with Crippen molar-refractivity contribution in [3.63, 3.8) is 0 Å².